The lowest BCUT2D eigenvalue weighted by molar-refractivity contribution is -0.130. The van der Waals surface area contributed by atoms with Gasteiger partial charge in [-0.3, -0.25) is 9.59 Å². The monoisotopic (exact) mass is 368 g/mol. The lowest BCUT2D eigenvalue weighted by Crippen LogP contribution is -2.55. The van der Waals surface area contributed by atoms with Gasteiger partial charge in [-0.05, 0) is 44.7 Å². The molecule has 0 unspecified atom stereocenters. The van der Waals surface area contributed by atoms with Crippen molar-refractivity contribution in [2.45, 2.75) is 52.2 Å². The van der Waals surface area contributed by atoms with Gasteiger partial charge in [-0.2, -0.15) is 0 Å². The molecule has 0 aliphatic rings. The van der Waals surface area contributed by atoms with E-state index < -0.39 is 6.04 Å². The van der Waals surface area contributed by atoms with E-state index in [9.17, 15) is 9.59 Å². The molecule has 1 heterocycles. The Morgan fingerprint density at radius 3 is 2.44 bits per heavy atom. The van der Waals surface area contributed by atoms with Crippen LogP contribution in [0.5, 0.6) is 0 Å². The van der Waals surface area contributed by atoms with Gasteiger partial charge in [-0.25, -0.2) is 0 Å². The Labute approximate surface area is 155 Å². The predicted molar refractivity (Wildman–Crippen MR) is 104 cm³/mol. The largest absolute Gasteiger partial charge is 0.355 e. The van der Waals surface area contributed by atoms with Crippen LogP contribution in [-0.2, 0) is 16.0 Å². The van der Waals surface area contributed by atoms with Crippen LogP contribution in [0.4, 0.5) is 0 Å². The number of likely N-dealkylation sites (N-methyl/N-ethyl adjacent to an activating group) is 2. The third kappa shape index (κ3) is 7.54. The van der Waals surface area contributed by atoms with Crippen LogP contribution in [0.25, 0.3) is 0 Å². The molecular formula is C18H32N4O2S. The molecule has 7 heteroatoms. The molecule has 25 heavy (non-hydrogen) atoms. The number of carbonyl (C=O) groups excluding carboxylic acids is 2. The molecule has 0 bridgehead atoms. The third-order valence-corrected chi connectivity index (χ3v) is 5.00. The van der Waals surface area contributed by atoms with Gasteiger partial charge in [0.2, 0.25) is 11.8 Å². The van der Waals surface area contributed by atoms with Crippen LogP contribution in [0.2, 0.25) is 0 Å². The second-order valence-corrected chi connectivity index (χ2v) is 7.56. The van der Waals surface area contributed by atoms with Crippen LogP contribution in [0, 0.1) is 5.92 Å². The topological polar surface area (TPSA) is 82.3 Å². The van der Waals surface area contributed by atoms with Crippen molar-refractivity contribution in [3.63, 3.8) is 0 Å². The van der Waals surface area contributed by atoms with Crippen molar-refractivity contribution in [3.05, 3.63) is 22.4 Å². The Morgan fingerprint density at radius 2 is 1.92 bits per heavy atom. The average Bonchev–Trinajstić information content (AvgIpc) is 3.08. The van der Waals surface area contributed by atoms with E-state index in [2.05, 4.69) is 32.7 Å². The molecule has 0 radical (unpaired) electrons. The highest BCUT2D eigenvalue weighted by Gasteiger charge is 2.25. The van der Waals surface area contributed by atoms with Crippen LogP contribution < -0.4 is 21.3 Å². The molecule has 142 valence electrons. The number of carbonyl (C=O) groups is 2. The maximum atomic E-state index is 12.4. The molecule has 0 saturated heterocycles. The molecule has 1 aromatic heterocycles. The summed E-state index contributed by atoms with van der Waals surface area (Å²) in [5, 5.41) is 14.2. The maximum absolute atomic E-state index is 12.4. The Bertz CT molecular complexity index is 519. The van der Waals surface area contributed by atoms with Gasteiger partial charge in [0, 0.05) is 24.0 Å². The normalized spacial score (nSPS) is 14.8. The number of hydrogen-bond donors (Lipinski definition) is 4. The summed E-state index contributed by atoms with van der Waals surface area (Å²) < 4.78 is 0. The third-order valence-electron chi connectivity index (χ3n) is 4.10. The van der Waals surface area contributed by atoms with Crippen LogP contribution >= 0.6 is 11.3 Å². The molecule has 0 fully saturated rings. The fourth-order valence-electron chi connectivity index (χ4n) is 2.46. The fraction of sp³-hybridized carbons (Fsp3) is 0.667. The van der Waals surface area contributed by atoms with Gasteiger partial charge in [-0.15, -0.1) is 11.3 Å². The zero-order chi connectivity index (χ0) is 18.8. The number of nitrogens with one attached hydrogen (secondary N) is 4. The first-order valence-corrected chi connectivity index (χ1v) is 9.78. The van der Waals surface area contributed by atoms with Gasteiger partial charge < -0.3 is 21.3 Å². The summed E-state index contributed by atoms with van der Waals surface area (Å²) in [6, 6.07) is 3.53. The van der Waals surface area contributed by atoms with E-state index in [1.54, 1.807) is 11.3 Å². The molecular weight excluding hydrogens is 336 g/mol. The molecule has 0 aliphatic carbocycles. The summed E-state index contributed by atoms with van der Waals surface area (Å²) in [5.41, 5.74) is 0. The van der Waals surface area contributed by atoms with Crippen LogP contribution in [0.15, 0.2) is 17.5 Å². The summed E-state index contributed by atoms with van der Waals surface area (Å²) in [6.45, 7) is 8.77. The lowest BCUT2D eigenvalue weighted by atomic mass is 10.0. The van der Waals surface area contributed by atoms with Gasteiger partial charge in [0.1, 0.15) is 6.04 Å². The van der Waals surface area contributed by atoms with Crippen LogP contribution in [-0.4, -0.2) is 50.1 Å². The second kappa shape index (κ2) is 11.2. The molecule has 3 atom stereocenters. The molecule has 1 rings (SSSR count). The van der Waals surface area contributed by atoms with Crippen molar-refractivity contribution in [2.24, 2.45) is 5.92 Å². The first-order valence-electron chi connectivity index (χ1n) is 8.90. The highest BCUT2D eigenvalue weighted by atomic mass is 32.1. The Balaban J connectivity index is 2.49. The van der Waals surface area contributed by atoms with Crippen molar-refractivity contribution in [3.8, 4) is 0 Å². The van der Waals surface area contributed by atoms with Gasteiger partial charge in [0.05, 0.1) is 6.04 Å². The van der Waals surface area contributed by atoms with E-state index in [1.165, 1.54) is 4.88 Å². The first-order chi connectivity index (χ1) is 11.9. The highest BCUT2D eigenvalue weighted by Crippen LogP contribution is 2.11. The number of rotatable bonds is 11. The zero-order valence-corrected chi connectivity index (χ0v) is 16.7. The van der Waals surface area contributed by atoms with Crippen molar-refractivity contribution in [1.82, 2.24) is 21.3 Å². The summed E-state index contributed by atoms with van der Waals surface area (Å²) >= 11 is 1.74. The predicted octanol–water partition coefficient (Wildman–Crippen LogP) is 1.13. The van der Waals surface area contributed by atoms with E-state index in [0.29, 0.717) is 13.1 Å². The van der Waals surface area contributed by atoms with Gasteiger partial charge >= 0.3 is 0 Å². The van der Waals surface area contributed by atoms with Gasteiger partial charge in [0.15, 0.2) is 0 Å². The average molecular weight is 369 g/mol. The molecule has 6 nitrogen and oxygen atoms in total. The first kappa shape index (κ1) is 21.6. The molecule has 4 N–H and O–H groups in total. The molecule has 0 aromatic carbocycles. The highest BCUT2D eigenvalue weighted by molar-refractivity contribution is 7.09. The summed E-state index contributed by atoms with van der Waals surface area (Å²) in [7, 11) is 1.93. The lowest BCUT2D eigenvalue weighted by Gasteiger charge is -2.24. The summed E-state index contributed by atoms with van der Waals surface area (Å²) in [6.07, 6.45) is 0.920. The molecule has 0 aliphatic heterocycles. The molecule has 1 aromatic rings. The summed E-state index contributed by atoms with van der Waals surface area (Å²) in [4.78, 5) is 25.8. The maximum Gasteiger partial charge on any atom is 0.242 e. The minimum absolute atomic E-state index is 0.0339. The molecule has 0 saturated carbocycles. The van der Waals surface area contributed by atoms with E-state index in [0.717, 1.165) is 6.42 Å². The second-order valence-electron chi connectivity index (χ2n) is 6.52. The quantitative estimate of drug-likeness (QED) is 0.472. The van der Waals surface area contributed by atoms with E-state index in [1.807, 2.05) is 40.8 Å². The Hall–Kier alpha value is -1.44. The Kier molecular flexibility index (Phi) is 9.70. The number of thiophene rings is 1. The summed E-state index contributed by atoms with van der Waals surface area (Å²) in [5.74, 6) is -0.258. The van der Waals surface area contributed by atoms with Crippen molar-refractivity contribution >= 4 is 23.2 Å². The number of amides is 2. The minimum atomic E-state index is -0.511. The SMILES string of the molecule is CCNC(=O)[C@@H](NC(=O)[C@H](C)NC[C@H](Cc1cccs1)NC)C(C)C. The van der Waals surface area contributed by atoms with Gasteiger partial charge in [-0.1, -0.05) is 19.9 Å². The fourth-order valence-corrected chi connectivity index (χ4v) is 3.24. The van der Waals surface area contributed by atoms with E-state index >= 15 is 0 Å². The minimum Gasteiger partial charge on any atom is -0.355 e. The van der Waals surface area contributed by atoms with Gasteiger partial charge in [0.25, 0.3) is 0 Å². The van der Waals surface area contributed by atoms with Crippen molar-refractivity contribution in [2.75, 3.05) is 20.1 Å². The zero-order valence-electron chi connectivity index (χ0n) is 15.9. The van der Waals surface area contributed by atoms with E-state index in [4.69, 9.17) is 0 Å². The standard InChI is InChI=1S/C18H32N4O2S/c1-6-20-18(24)16(12(2)3)22-17(23)13(4)21-11-14(19-5)10-15-8-7-9-25-15/h7-9,12-14,16,19,21H,6,10-11H2,1-5H3,(H,20,24)(H,22,23)/t13-,14-,16-/m0/s1. The van der Waals surface area contributed by atoms with Crippen molar-refractivity contribution in [1.29, 1.82) is 0 Å². The molecule has 0 spiro atoms. The smallest absolute Gasteiger partial charge is 0.242 e. The van der Waals surface area contributed by atoms with Crippen molar-refractivity contribution < 1.29 is 9.59 Å². The molecule has 2 amide bonds. The van der Waals surface area contributed by atoms with Crippen LogP contribution in [0.3, 0.4) is 0 Å². The van der Waals surface area contributed by atoms with E-state index in [-0.39, 0.29) is 29.8 Å². The van der Waals surface area contributed by atoms with Crippen LogP contribution in [0.1, 0.15) is 32.6 Å². The number of hydrogen-bond acceptors (Lipinski definition) is 5. The Morgan fingerprint density at radius 1 is 1.20 bits per heavy atom.